The molecule has 0 aliphatic heterocycles. The first-order valence-electron chi connectivity index (χ1n) is 11.6. The fourth-order valence-electron chi connectivity index (χ4n) is 4.17. The molecule has 0 saturated carbocycles. The van der Waals surface area contributed by atoms with Crippen LogP contribution in [0.2, 0.25) is 0 Å². The summed E-state index contributed by atoms with van der Waals surface area (Å²) in [6, 6.07) is 29.6. The van der Waals surface area contributed by atoms with Gasteiger partial charge in [0, 0.05) is 17.2 Å². The average Bonchev–Trinajstić information content (AvgIpc) is 2.86. The summed E-state index contributed by atoms with van der Waals surface area (Å²) in [5.74, 6) is -0.0673. The minimum Gasteiger partial charge on any atom is -0.508 e. The second-order valence-electron chi connectivity index (χ2n) is 8.46. The zero-order valence-corrected chi connectivity index (χ0v) is 19.2. The normalized spacial score (nSPS) is 10.9. The Balaban J connectivity index is 1.68. The van der Waals surface area contributed by atoms with E-state index in [-0.39, 0.29) is 23.3 Å². The van der Waals surface area contributed by atoms with Gasteiger partial charge >= 0.3 is 0 Å². The second kappa shape index (κ2) is 10.7. The van der Waals surface area contributed by atoms with Gasteiger partial charge in [0.15, 0.2) is 0 Å². The lowest BCUT2D eigenvalue weighted by molar-refractivity contribution is 0.102. The number of rotatable bonds is 8. The fourth-order valence-corrected chi connectivity index (χ4v) is 4.17. The Morgan fingerprint density at radius 3 is 1.88 bits per heavy atom. The molecule has 4 rings (SSSR count). The van der Waals surface area contributed by atoms with E-state index in [1.165, 1.54) is 5.56 Å². The SMILES string of the molecule is CCCCc1ccc(NC(=O)c2ccccc2C(c2ccc(O)cc2)c2ccc(O)cc2)cc1. The predicted molar refractivity (Wildman–Crippen MR) is 137 cm³/mol. The third-order valence-corrected chi connectivity index (χ3v) is 6.00. The Hall–Kier alpha value is -4.05. The zero-order valence-electron chi connectivity index (χ0n) is 19.2. The Labute approximate surface area is 200 Å². The van der Waals surface area contributed by atoms with Crippen molar-refractivity contribution < 1.29 is 15.0 Å². The van der Waals surface area contributed by atoms with E-state index in [0.717, 1.165) is 41.6 Å². The van der Waals surface area contributed by atoms with Crippen molar-refractivity contribution in [3.8, 4) is 11.5 Å². The van der Waals surface area contributed by atoms with Crippen molar-refractivity contribution in [2.24, 2.45) is 0 Å². The van der Waals surface area contributed by atoms with Crippen LogP contribution >= 0.6 is 0 Å². The molecule has 0 fully saturated rings. The highest BCUT2D eigenvalue weighted by atomic mass is 16.3. The van der Waals surface area contributed by atoms with E-state index >= 15 is 0 Å². The number of carbonyl (C=O) groups is 1. The number of aromatic hydroxyl groups is 2. The molecule has 0 aliphatic rings. The molecule has 0 bridgehead atoms. The number of phenols is 2. The molecule has 172 valence electrons. The smallest absolute Gasteiger partial charge is 0.255 e. The molecule has 34 heavy (non-hydrogen) atoms. The number of hydrogen-bond donors (Lipinski definition) is 3. The van der Waals surface area contributed by atoms with Crippen molar-refractivity contribution in [3.05, 3.63) is 125 Å². The summed E-state index contributed by atoms with van der Waals surface area (Å²) in [6.45, 7) is 2.18. The van der Waals surface area contributed by atoms with E-state index in [4.69, 9.17) is 0 Å². The summed E-state index contributed by atoms with van der Waals surface area (Å²) in [5, 5.41) is 22.6. The maximum atomic E-state index is 13.4. The van der Waals surface area contributed by atoms with Crippen LogP contribution < -0.4 is 5.32 Å². The summed E-state index contributed by atoms with van der Waals surface area (Å²) in [7, 11) is 0. The number of hydrogen-bond acceptors (Lipinski definition) is 3. The summed E-state index contributed by atoms with van der Waals surface area (Å²) in [6.07, 6.45) is 3.34. The number of anilines is 1. The maximum absolute atomic E-state index is 13.4. The summed E-state index contributed by atoms with van der Waals surface area (Å²) >= 11 is 0. The van der Waals surface area contributed by atoms with Crippen LogP contribution in [0.25, 0.3) is 0 Å². The topological polar surface area (TPSA) is 69.6 Å². The molecule has 4 aromatic carbocycles. The highest BCUT2D eigenvalue weighted by molar-refractivity contribution is 6.05. The quantitative estimate of drug-likeness (QED) is 0.256. The Morgan fingerprint density at radius 1 is 0.765 bits per heavy atom. The zero-order chi connectivity index (χ0) is 23.9. The first-order chi connectivity index (χ1) is 16.5. The number of phenolic OH excluding ortho intramolecular Hbond substituents is 2. The third kappa shape index (κ3) is 5.46. The number of benzene rings is 4. The van der Waals surface area contributed by atoms with Crippen LogP contribution in [-0.4, -0.2) is 16.1 Å². The van der Waals surface area contributed by atoms with Gasteiger partial charge in [0.1, 0.15) is 11.5 Å². The van der Waals surface area contributed by atoms with E-state index in [0.29, 0.717) is 5.56 Å². The first-order valence-corrected chi connectivity index (χ1v) is 11.6. The molecule has 0 radical (unpaired) electrons. The van der Waals surface area contributed by atoms with Crippen molar-refractivity contribution in [2.45, 2.75) is 32.1 Å². The van der Waals surface area contributed by atoms with Crippen molar-refractivity contribution >= 4 is 11.6 Å². The minimum atomic E-state index is -0.250. The van der Waals surface area contributed by atoms with Gasteiger partial charge in [0.2, 0.25) is 0 Å². The van der Waals surface area contributed by atoms with Crippen molar-refractivity contribution in [3.63, 3.8) is 0 Å². The van der Waals surface area contributed by atoms with Crippen LogP contribution in [0, 0.1) is 0 Å². The van der Waals surface area contributed by atoms with Gasteiger partial charge in [-0.1, -0.05) is 67.9 Å². The lowest BCUT2D eigenvalue weighted by atomic mass is 9.82. The van der Waals surface area contributed by atoms with Gasteiger partial charge < -0.3 is 15.5 Å². The lowest BCUT2D eigenvalue weighted by Crippen LogP contribution is -2.17. The molecule has 0 heterocycles. The molecular weight excluding hydrogens is 422 g/mol. The molecule has 4 nitrogen and oxygen atoms in total. The van der Waals surface area contributed by atoms with Crippen LogP contribution in [0.4, 0.5) is 5.69 Å². The molecule has 0 unspecified atom stereocenters. The van der Waals surface area contributed by atoms with E-state index in [2.05, 4.69) is 24.4 Å². The maximum Gasteiger partial charge on any atom is 0.255 e. The average molecular weight is 452 g/mol. The molecule has 0 aliphatic carbocycles. The first kappa shape index (κ1) is 23.1. The van der Waals surface area contributed by atoms with Gasteiger partial charge in [0.05, 0.1) is 0 Å². The summed E-state index contributed by atoms with van der Waals surface area (Å²) in [5.41, 5.74) is 5.30. The highest BCUT2D eigenvalue weighted by Crippen LogP contribution is 2.35. The molecule has 4 heteroatoms. The third-order valence-electron chi connectivity index (χ3n) is 6.00. The fraction of sp³-hybridized carbons (Fsp3) is 0.167. The predicted octanol–water partition coefficient (Wildman–Crippen LogP) is 6.87. The van der Waals surface area contributed by atoms with Crippen LogP contribution in [0.1, 0.15) is 58.3 Å². The van der Waals surface area contributed by atoms with Gasteiger partial charge in [-0.15, -0.1) is 0 Å². The molecule has 0 spiro atoms. The van der Waals surface area contributed by atoms with E-state index in [9.17, 15) is 15.0 Å². The van der Waals surface area contributed by atoms with Crippen LogP contribution in [-0.2, 0) is 6.42 Å². The minimum absolute atomic E-state index is 0.181. The second-order valence-corrected chi connectivity index (χ2v) is 8.46. The van der Waals surface area contributed by atoms with E-state index in [1.54, 1.807) is 24.3 Å². The number of nitrogens with one attached hydrogen (secondary N) is 1. The number of aryl methyl sites for hydroxylation is 1. The van der Waals surface area contributed by atoms with E-state index < -0.39 is 0 Å². The molecule has 1 amide bonds. The molecule has 4 aromatic rings. The lowest BCUT2D eigenvalue weighted by Gasteiger charge is -2.22. The monoisotopic (exact) mass is 451 g/mol. The van der Waals surface area contributed by atoms with Crippen LogP contribution in [0.15, 0.2) is 97.1 Å². The van der Waals surface area contributed by atoms with Crippen molar-refractivity contribution in [1.29, 1.82) is 0 Å². The number of amides is 1. The Morgan fingerprint density at radius 2 is 1.32 bits per heavy atom. The summed E-state index contributed by atoms with van der Waals surface area (Å²) < 4.78 is 0. The largest absolute Gasteiger partial charge is 0.508 e. The Bertz CT molecular complexity index is 1180. The number of carbonyl (C=O) groups excluding carboxylic acids is 1. The molecule has 0 atom stereocenters. The van der Waals surface area contributed by atoms with Crippen molar-refractivity contribution in [1.82, 2.24) is 0 Å². The molecule has 0 saturated heterocycles. The van der Waals surface area contributed by atoms with Gasteiger partial charge in [-0.3, -0.25) is 4.79 Å². The Kier molecular flexibility index (Phi) is 7.28. The van der Waals surface area contributed by atoms with E-state index in [1.807, 2.05) is 60.7 Å². The van der Waals surface area contributed by atoms with Gasteiger partial charge in [0.25, 0.3) is 5.91 Å². The van der Waals surface area contributed by atoms with Crippen molar-refractivity contribution in [2.75, 3.05) is 5.32 Å². The molecule has 0 aromatic heterocycles. The molecular formula is C30H29NO3. The van der Waals surface area contributed by atoms with Gasteiger partial charge in [-0.25, -0.2) is 0 Å². The highest BCUT2D eigenvalue weighted by Gasteiger charge is 2.23. The van der Waals surface area contributed by atoms with Gasteiger partial charge in [-0.2, -0.15) is 0 Å². The van der Waals surface area contributed by atoms with Crippen LogP contribution in [0.5, 0.6) is 11.5 Å². The van der Waals surface area contributed by atoms with Crippen LogP contribution in [0.3, 0.4) is 0 Å². The number of unbranched alkanes of at least 4 members (excludes halogenated alkanes) is 1. The summed E-state index contributed by atoms with van der Waals surface area (Å²) in [4.78, 5) is 13.4. The standard InChI is InChI=1S/C30H29NO3/c1-2-3-6-21-9-15-24(16-10-21)31-30(34)28-8-5-4-7-27(28)29(22-11-17-25(32)18-12-22)23-13-19-26(33)20-14-23/h4-5,7-20,29,32-33H,2-3,6H2,1H3,(H,31,34). The molecule has 3 N–H and O–H groups in total. The van der Waals surface area contributed by atoms with Gasteiger partial charge in [-0.05, 0) is 77.6 Å².